The Morgan fingerprint density at radius 3 is 2.23 bits per heavy atom. The maximum Gasteiger partial charge on any atom is 0.392 e. The minimum absolute atomic E-state index is 0.107. The third-order valence-electron chi connectivity index (χ3n) is 2.55. The molecule has 0 saturated heterocycles. The fourth-order valence-electron chi connectivity index (χ4n) is 1.28. The number of alkyl halides is 8. The Labute approximate surface area is 118 Å². The van der Waals surface area contributed by atoms with Crippen molar-refractivity contribution in [3.63, 3.8) is 0 Å². The van der Waals surface area contributed by atoms with Gasteiger partial charge in [0.05, 0.1) is 0 Å². The molecule has 0 radical (unpaired) electrons. The van der Waals surface area contributed by atoms with E-state index in [1.165, 1.54) is 23.6 Å². The Morgan fingerprint density at radius 2 is 1.77 bits per heavy atom. The molecule has 1 N–H and O–H groups in total. The van der Waals surface area contributed by atoms with Gasteiger partial charge in [-0.2, -0.15) is 26.3 Å². The lowest BCUT2D eigenvalue weighted by Crippen LogP contribution is -2.62. The van der Waals surface area contributed by atoms with Crippen molar-refractivity contribution in [2.45, 2.75) is 30.7 Å². The molecule has 124 valence electrons. The van der Waals surface area contributed by atoms with Crippen molar-refractivity contribution >= 4 is 5.91 Å². The van der Waals surface area contributed by atoms with Crippen molar-refractivity contribution in [3.05, 3.63) is 30.1 Å². The van der Waals surface area contributed by atoms with E-state index < -0.39 is 36.6 Å². The first-order valence-corrected chi connectivity index (χ1v) is 5.53. The molecule has 1 rings (SSSR count). The summed E-state index contributed by atoms with van der Waals surface area (Å²) in [6, 6.07) is 2.61. The van der Waals surface area contributed by atoms with Crippen LogP contribution in [-0.2, 0) is 11.3 Å². The highest BCUT2D eigenvalue weighted by Crippen LogP contribution is 2.48. The highest BCUT2D eigenvalue weighted by Gasteiger charge is 2.78. The largest absolute Gasteiger partial charge is 0.392 e. The average molecular weight is 336 g/mol. The SMILES string of the molecule is O=C(NCc1cccnc1)C(F)(F)C(F)(F)C(F)(F)C(F)F. The normalized spacial score (nSPS) is 13.3. The molecule has 0 spiro atoms. The van der Waals surface area contributed by atoms with Crippen LogP contribution in [0.4, 0.5) is 35.1 Å². The highest BCUT2D eigenvalue weighted by atomic mass is 19.4. The number of amides is 1. The second kappa shape index (κ2) is 6.05. The average Bonchev–Trinajstić information content (AvgIpc) is 2.45. The van der Waals surface area contributed by atoms with Crippen LogP contribution in [0.5, 0.6) is 0 Å². The summed E-state index contributed by atoms with van der Waals surface area (Å²) in [6.45, 7) is -0.724. The molecule has 3 nitrogen and oxygen atoms in total. The van der Waals surface area contributed by atoms with Crippen molar-refractivity contribution in [2.75, 3.05) is 0 Å². The number of rotatable bonds is 6. The minimum Gasteiger partial charge on any atom is -0.347 e. The summed E-state index contributed by atoms with van der Waals surface area (Å²) in [7, 11) is 0. The second-order valence-electron chi connectivity index (χ2n) is 4.12. The molecule has 0 aromatic carbocycles. The summed E-state index contributed by atoms with van der Waals surface area (Å²) < 4.78 is 101. The van der Waals surface area contributed by atoms with E-state index >= 15 is 0 Å². The predicted molar refractivity (Wildman–Crippen MR) is 56.9 cm³/mol. The molecule has 0 atom stereocenters. The van der Waals surface area contributed by atoms with Crippen LogP contribution in [0.15, 0.2) is 24.5 Å². The molecule has 22 heavy (non-hydrogen) atoms. The maximum atomic E-state index is 13.2. The third kappa shape index (κ3) is 3.12. The van der Waals surface area contributed by atoms with Crippen molar-refractivity contribution in [3.8, 4) is 0 Å². The minimum atomic E-state index is -6.56. The first-order chi connectivity index (χ1) is 9.94. The van der Waals surface area contributed by atoms with Crippen LogP contribution in [0.25, 0.3) is 0 Å². The Bertz CT molecular complexity index is 520. The van der Waals surface area contributed by atoms with Gasteiger partial charge in [-0.25, -0.2) is 8.78 Å². The van der Waals surface area contributed by atoms with Gasteiger partial charge in [0.2, 0.25) is 0 Å². The van der Waals surface area contributed by atoms with Gasteiger partial charge in [0.15, 0.2) is 0 Å². The zero-order valence-electron chi connectivity index (χ0n) is 10.5. The van der Waals surface area contributed by atoms with Crippen molar-refractivity contribution in [1.82, 2.24) is 10.3 Å². The van der Waals surface area contributed by atoms with E-state index in [-0.39, 0.29) is 5.56 Å². The van der Waals surface area contributed by atoms with Crippen LogP contribution in [0, 0.1) is 0 Å². The summed E-state index contributed by atoms with van der Waals surface area (Å²) in [5.41, 5.74) is 0.107. The molecule has 1 heterocycles. The molecular formula is C11H8F8N2O. The van der Waals surface area contributed by atoms with Gasteiger partial charge in [-0.15, -0.1) is 0 Å². The van der Waals surface area contributed by atoms with E-state index in [4.69, 9.17) is 0 Å². The topological polar surface area (TPSA) is 42.0 Å². The van der Waals surface area contributed by atoms with Crippen molar-refractivity contribution in [2.24, 2.45) is 0 Å². The zero-order chi connectivity index (χ0) is 17.2. The molecule has 1 amide bonds. The van der Waals surface area contributed by atoms with Gasteiger partial charge >= 0.3 is 24.2 Å². The van der Waals surface area contributed by atoms with E-state index in [2.05, 4.69) is 4.98 Å². The fourth-order valence-corrected chi connectivity index (χ4v) is 1.28. The highest BCUT2D eigenvalue weighted by molar-refractivity contribution is 5.84. The van der Waals surface area contributed by atoms with E-state index in [9.17, 15) is 39.9 Å². The van der Waals surface area contributed by atoms with Gasteiger partial charge in [0.25, 0.3) is 5.91 Å². The Hall–Kier alpha value is -1.94. The fraction of sp³-hybridized carbons (Fsp3) is 0.455. The lowest BCUT2D eigenvalue weighted by Gasteiger charge is -2.31. The number of nitrogens with one attached hydrogen (secondary N) is 1. The van der Waals surface area contributed by atoms with Crippen molar-refractivity contribution < 1.29 is 39.9 Å². The molecule has 0 aliphatic carbocycles. The van der Waals surface area contributed by atoms with E-state index in [0.717, 1.165) is 6.20 Å². The smallest absolute Gasteiger partial charge is 0.347 e. The van der Waals surface area contributed by atoms with Gasteiger partial charge in [-0.05, 0) is 11.6 Å². The molecule has 0 fully saturated rings. The molecule has 0 bridgehead atoms. The summed E-state index contributed by atoms with van der Waals surface area (Å²) in [5, 5.41) is 1.27. The van der Waals surface area contributed by atoms with Crippen molar-refractivity contribution in [1.29, 1.82) is 0 Å². The number of carbonyl (C=O) groups is 1. The molecule has 11 heteroatoms. The van der Waals surface area contributed by atoms with E-state index in [1.807, 2.05) is 0 Å². The molecule has 0 unspecified atom stereocenters. The Balaban J connectivity index is 2.90. The quantitative estimate of drug-likeness (QED) is 0.812. The first kappa shape index (κ1) is 18.1. The number of aromatic nitrogens is 1. The number of pyridine rings is 1. The lowest BCUT2D eigenvalue weighted by atomic mass is 10.0. The van der Waals surface area contributed by atoms with Gasteiger partial charge in [-0.1, -0.05) is 6.07 Å². The molecule has 1 aromatic rings. The summed E-state index contributed by atoms with van der Waals surface area (Å²) in [5.74, 6) is -21.8. The number of hydrogen-bond acceptors (Lipinski definition) is 2. The van der Waals surface area contributed by atoms with Gasteiger partial charge < -0.3 is 5.32 Å². The predicted octanol–water partition coefficient (Wildman–Crippen LogP) is 2.87. The number of nitrogens with zero attached hydrogens (tertiary/aromatic N) is 1. The number of hydrogen-bond donors (Lipinski definition) is 1. The van der Waals surface area contributed by atoms with Crippen LogP contribution >= 0.6 is 0 Å². The lowest BCUT2D eigenvalue weighted by molar-refractivity contribution is -0.327. The van der Waals surface area contributed by atoms with Crippen LogP contribution in [-0.4, -0.2) is 35.1 Å². The van der Waals surface area contributed by atoms with E-state index in [0.29, 0.717) is 0 Å². The van der Waals surface area contributed by atoms with Crippen LogP contribution in [0.2, 0.25) is 0 Å². The zero-order valence-corrected chi connectivity index (χ0v) is 10.5. The van der Waals surface area contributed by atoms with Gasteiger partial charge in [0.1, 0.15) is 0 Å². The Kier molecular flexibility index (Phi) is 4.98. The van der Waals surface area contributed by atoms with E-state index in [1.54, 1.807) is 0 Å². The summed E-state index contributed by atoms with van der Waals surface area (Å²) in [6.07, 6.45) is -2.69. The van der Waals surface area contributed by atoms with Crippen LogP contribution in [0.1, 0.15) is 5.56 Å². The van der Waals surface area contributed by atoms with Gasteiger partial charge in [-0.3, -0.25) is 9.78 Å². The summed E-state index contributed by atoms with van der Waals surface area (Å²) in [4.78, 5) is 14.5. The Morgan fingerprint density at radius 1 is 1.18 bits per heavy atom. The first-order valence-electron chi connectivity index (χ1n) is 5.53. The standard InChI is InChI=1S/C11H8F8N2O/c12-7(13)9(14,15)11(18,19)10(16,17)8(22)21-5-6-2-1-3-20-4-6/h1-4,7H,5H2,(H,21,22). The van der Waals surface area contributed by atoms with Gasteiger partial charge in [0, 0.05) is 18.9 Å². The number of carbonyl (C=O) groups excluding carboxylic acids is 1. The molecule has 1 aromatic heterocycles. The van der Waals surface area contributed by atoms with Crippen LogP contribution in [0.3, 0.4) is 0 Å². The van der Waals surface area contributed by atoms with Crippen LogP contribution < -0.4 is 5.32 Å². The molecule has 0 saturated carbocycles. The summed E-state index contributed by atoms with van der Waals surface area (Å²) >= 11 is 0. The third-order valence-corrected chi connectivity index (χ3v) is 2.55. The monoisotopic (exact) mass is 336 g/mol. The maximum absolute atomic E-state index is 13.2. The second-order valence-corrected chi connectivity index (χ2v) is 4.12. The molecular weight excluding hydrogens is 328 g/mol. The number of halogens is 8. The molecule has 0 aliphatic rings. The molecule has 0 aliphatic heterocycles.